The summed E-state index contributed by atoms with van der Waals surface area (Å²) in [6, 6.07) is 5.05. The Morgan fingerprint density at radius 1 is 1.43 bits per heavy atom. The Kier molecular flexibility index (Phi) is 3.51. The summed E-state index contributed by atoms with van der Waals surface area (Å²) in [6.07, 6.45) is 2.29. The molecule has 1 aromatic rings. The molecule has 0 heterocycles. The van der Waals surface area contributed by atoms with Gasteiger partial charge in [-0.25, -0.2) is 4.39 Å². The molecule has 1 fully saturated rings. The van der Waals surface area contributed by atoms with Crippen molar-refractivity contribution >= 4 is 12.4 Å². The van der Waals surface area contributed by atoms with E-state index >= 15 is 0 Å². The van der Waals surface area contributed by atoms with Crippen LogP contribution in [0.25, 0.3) is 0 Å². The summed E-state index contributed by atoms with van der Waals surface area (Å²) >= 11 is 0. The average molecular weight is 216 g/mol. The van der Waals surface area contributed by atoms with Crippen molar-refractivity contribution < 1.29 is 4.39 Å². The van der Waals surface area contributed by atoms with E-state index in [9.17, 15) is 4.39 Å². The molecular weight excluding hydrogens is 201 g/mol. The minimum Gasteiger partial charge on any atom is -0.324 e. The van der Waals surface area contributed by atoms with Gasteiger partial charge < -0.3 is 5.73 Å². The van der Waals surface area contributed by atoms with E-state index < -0.39 is 0 Å². The maximum atomic E-state index is 13.3. The molecule has 0 radical (unpaired) electrons. The van der Waals surface area contributed by atoms with Crippen LogP contribution in [-0.4, -0.2) is 0 Å². The van der Waals surface area contributed by atoms with Crippen LogP contribution in [0.3, 0.4) is 0 Å². The predicted molar refractivity (Wildman–Crippen MR) is 58.0 cm³/mol. The standard InChI is InChI=1S/C11H14FN.ClH/c1-7-2-5-10(12)9(6-7)11(13)8-3-4-8;/h2,5-6,8,11H,3-4,13H2,1H3;1H/t11-;/m1./s1. The molecule has 1 nitrogen and oxygen atoms in total. The molecule has 1 atom stereocenters. The van der Waals surface area contributed by atoms with Crippen LogP contribution in [0.2, 0.25) is 0 Å². The third kappa shape index (κ3) is 2.25. The van der Waals surface area contributed by atoms with E-state index in [1.54, 1.807) is 6.07 Å². The second-order valence-corrected chi connectivity index (χ2v) is 3.89. The van der Waals surface area contributed by atoms with Crippen LogP contribution in [0, 0.1) is 18.7 Å². The van der Waals surface area contributed by atoms with Gasteiger partial charge in [-0.15, -0.1) is 12.4 Å². The fraction of sp³-hybridized carbons (Fsp3) is 0.455. The monoisotopic (exact) mass is 215 g/mol. The van der Waals surface area contributed by atoms with Crippen molar-refractivity contribution in [1.29, 1.82) is 0 Å². The van der Waals surface area contributed by atoms with E-state index in [1.807, 2.05) is 13.0 Å². The zero-order valence-electron chi connectivity index (χ0n) is 8.16. The summed E-state index contributed by atoms with van der Waals surface area (Å²) in [4.78, 5) is 0. The van der Waals surface area contributed by atoms with E-state index in [1.165, 1.54) is 6.07 Å². The van der Waals surface area contributed by atoms with Crippen molar-refractivity contribution in [2.75, 3.05) is 0 Å². The first-order valence-corrected chi connectivity index (χ1v) is 4.70. The summed E-state index contributed by atoms with van der Waals surface area (Å²) in [5.41, 5.74) is 7.69. The smallest absolute Gasteiger partial charge is 0.127 e. The van der Waals surface area contributed by atoms with Gasteiger partial charge in [0.25, 0.3) is 0 Å². The van der Waals surface area contributed by atoms with Crippen molar-refractivity contribution in [3.8, 4) is 0 Å². The number of hydrogen-bond donors (Lipinski definition) is 1. The number of aryl methyl sites for hydroxylation is 1. The van der Waals surface area contributed by atoms with Crippen molar-refractivity contribution in [2.45, 2.75) is 25.8 Å². The lowest BCUT2D eigenvalue weighted by molar-refractivity contribution is 0.553. The number of hydrogen-bond acceptors (Lipinski definition) is 1. The summed E-state index contributed by atoms with van der Waals surface area (Å²) in [7, 11) is 0. The Morgan fingerprint density at radius 3 is 2.64 bits per heavy atom. The summed E-state index contributed by atoms with van der Waals surface area (Å²) in [5.74, 6) is 0.348. The van der Waals surface area contributed by atoms with E-state index in [0.717, 1.165) is 18.4 Å². The molecule has 1 saturated carbocycles. The summed E-state index contributed by atoms with van der Waals surface area (Å²) in [6.45, 7) is 1.96. The van der Waals surface area contributed by atoms with Gasteiger partial charge in [0.2, 0.25) is 0 Å². The Bertz CT molecular complexity index is 323. The Morgan fingerprint density at radius 2 is 2.07 bits per heavy atom. The molecule has 14 heavy (non-hydrogen) atoms. The first kappa shape index (κ1) is 11.5. The number of nitrogens with two attached hydrogens (primary N) is 1. The molecule has 0 aromatic heterocycles. The highest BCUT2D eigenvalue weighted by Crippen LogP contribution is 2.40. The Hall–Kier alpha value is -0.600. The van der Waals surface area contributed by atoms with Crippen LogP contribution in [0.1, 0.15) is 30.0 Å². The van der Waals surface area contributed by atoms with Crippen molar-refractivity contribution in [2.24, 2.45) is 11.7 Å². The number of halogens is 2. The zero-order valence-corrected chi connectivity index (χ0v) is 8.98. The number of rotatable bonds is 2. The second kappa shape index (κ2) is 4.28. The first-order chi connectivity index (χ1) is 6.18. The predicted octanol–water partition coefficient (Wildman–Crippen LogP) is 2.97. The SMILES string of the molecule is Cc1ccc(F)c([C@H](N)C2CC2)c1.Cl. The highest BCUT2D eigenvalue weighted by Gasteiger charge is 2.30. The second-order valence-electron chi connectivity index (χ2n) is 3.89. The maximum absolute atomic E-state index is 13.3. The minimum absolute atomic E-state index is 0. The third-order valence-electron chi connectivity index (χ3n) is 2.64. The lowest BCUT2D eigenvalue weighted by Gasteiger charge is -2.12. The van der Waals surface area contributed by atoms with Gasteiger partial charge in [0, 0.05) is 11.6 Å². The molecule has 1 aliphatic carbocycles. The van der Waals surface area contributed by atoms with Gasteiger partial charge in [-0.1, -0.05) is 17.7 Å². The highest BCUT2D eigenvalue weighted by molar-refractivity contribution is 5.85. The molecule has 0 unspecified atom stereocenters. The highest BCUT2D eigenvalue weighted by atomic mass is 35.5. The van der Waals surface area contributed by atoms with Gasteiger partial charge in [0.1, 0.15) is 5.82 Å². The summed E-state index contributed by atoms with van der Waals surface area (Å²) in [5, 5.41) is 0. The molecule has 2 N–H and O–H groups in total. The van der Waals surface area contributed by atoms with Crippen LogP contribution < -0.4 is 5.73 Å². The quantitative estimate of drug-likeness (QED) is 0.807. The molecule has 0 spiro atoms. The fourth-order valence-corrected chi connectivity index (χ4v) is 1.63. The van der Waals surface area contributed by atoms with Crippen molar-refractivity contribution in [3.05, 3.63) is 35.1 Å². The van der Waals surface area contributed by atoms with Crippen LogP contribution in [-0.2, 0) is 0 Å². The van der Waals surface area contributed by atoms with Crippen LogP contribution in [0.5, 0.6) is 0 Å². The van der Waals surface area contributed by atoms with Crippen LogP contribution in [0.4, 0.5) is 4.39 Å². The lowest BCUT2D eigenvalue weighted by Crippen LogP contribution is -2.14. The van der Waals surface area contributed by atoms with Crippen molar-refractivity contribution in [1.82, 2.24) is 0 Å². The van der Waals surface area contributed by atoms with E-state index in [4.69, 9.17) is 5.73 Å². The first-order valence-electron chi connectivity index (χ1n) is 4.70. The topological polar surface area (TPSA) is 26.0 Å². The zero-order chi connectivity index (χ0) is 9.42. The van der Waals surface area contributed by atoms with E-state index in [0.29, 0.717) is 11.5 Å². The van der Waals surface area contributed by atoms with Crippen molar-refractivity contribution in [3.63, 3.8) is 0 Å². The minimum atomic E-state index is -0.162. The van der Waals surface area contributed by atoms with Gasteiger partial charge >= 0.3 is 0 Å². The fourth-order valence-electron chi connectivity index (χ4n) is 1.63. The van der Waals surface area contributed by atoms with E-state index in [2.05, 4.69) is 0 Å². The number of benzene rings is 1. The molecule has 1 aliphatic rings. The van der Waals surface area contributed by atoms with Gasteiger partial charge in [-0.3, -0.25) is 0 Å². The van der Waals surface area contributed by atoms with Gasteiger partial charge in [0.15, 0.2) is 0 Å². The van der Waals surface area contributed by atoms with E-state index in [-0.39, 0.29) is 24.3 Å². The molecule has 2 rings (SSSR count). The lowest BCUT2D eigenvalue weighted by atomic mass is 10.0. The maximum Gasteiger partial charge on any atom is 0.127 e. The summed E-state index contributed by atoms with van der Waals surface area (Å²) < 4.78 is 13.3. The largest absolute Gasteiger partial charge is 0.324 e. The van der Waals surface area contributed by atoms with Gasteiger partial charge in [0.05, 0.1) is 0 Å². The molecular formula is C11H15ClFN. The molecule has 1 aromatic carbocycles. The molecule has 0 aliphatic heterocycles. The molecule has 0 saturated heterocycles. The average Bonchev–Trinajstić information content (AvgIpc) is 2.91. The Balaban J connectivity index is 0.000000980. The normalized spacial score (nSPS) is 17.4. The third-order valence-corrected chi connectivity index (χ3v) is 2.64. The Labute approximate surface area is 89.9 Å². The molecule has 0 bridgehead atoms. The van der Waals surface area contributed by atoms with Crippen LogP contribution in [0.15, 0.2) is 18.2 Å². The van der Waals surface area contributed by atoms with Gasteiger partial charge in [-0.05, 0) is 31.7 Å². The molecule has 3 heteroatoms. The van der Waals surface area contributed by atoms with Crippen LogP contribution >= 0.6 is 12.4 Å². The molecule has 0 amide bonds. The van der Waals surface area contributed by atoms with Gasteiger partial charge in [-0.2, -0.15) is 0 Å². The molecule has 78 valence electrons.